The molecule has 0 fully saturated rings. The molecular formula is C33H28N2Pt. The summed E-state index contributed by atoms with van der Waals surface area (Å²) in [5.74, 6) is -0.0173. The number of pyridine rings is 2. The van der Waals surface area contributed by atoms with E-state index in [0.717, 1.165) is 33.6 Å². The average molecular weight is 648 g/mol. The molecule has 0 unspecified atom stereocenters. The van der Waals surface area contributed by atoms with Crippen molar-refractivity contribution in [3.63, 3.8) is 0 Å². The maximum absolute atomic E-state index is 4.54. The molecule has 5 rings (SSSR count). The quantitative estimate of drug-likeness (QED) is 0.143. The fourth-order valence-corrected chi connectivity index (χ4v) is 4.36. The molecule has 2 nitrogen and oxygen atoms in total. The third-order valence-corrected chi connectivity index (χ3v) is 6.25. The van der Waals surface area contributed by atoms with Crippen molar-refractivity contribution in [2.45, 2.75) is 32.1 Å². The topological polar surface area (TPSA) is 25.8 Å². The van der Waals surface area contributed by atoms with Crippen molar-refractivity contribution < 1.29 is 21.1 Å². The number of rotatable bonds is 5. The summed E-state index contributed by atoms with van der Waals surface area (Å²) < 4.78 is 0. The molecule has 180 valence electrons. The fourth-order valence-electron chi connectivity index (χ4n) is 4.36. The molecule has 36 heavy (non-hydrogen) atoms. The average Bonchev–Trinajstić information content (AvgIpc) is 2.90. The van der Waals surface area contributed by atoms with Crippen LogP contribution in [0.5, 0.6) is 0 Å². The maximum atomic E-state index is 4.54. The van der Waals surface area contributed by atoms with Gasteiger partial charge in [0.05, 0.1) is 0 Å². The molecule has 0 atom stereocenters. The molecule has 0 radical (unpaired) electrons. The summed E-state index contributed by atoms with van der Waals surface area (Å²) in [4.78, 5) is 9.08. The Morgan fingerprint density at radius 3 is 1.50 bits per heavy atom. The zero-order valence-electron chi connectivity index (χ0n) is 20.7. The molecule has 0 aliphatic rings. The number of hydrogen-bond donors (Lipinski definition) is 0. The van der Waals surface area contributed by atoms with Gasteiger partial charge < -0.3 is 9.97 Å². The van der Waals surface area contributed by atoms with E-state index < -0.39 is 0 Å². The number of hydrogen-bond acceptors (Lipinski definition) is 2. The summed E-state index contributed by atoms with van der Waals surface area (Å²) in [5, 5.41) is 0. The summed E-state index contributed by atoms with van der Waals surface area (Å²) in [6, 6.07) is 40.9. The molecule has 2 aromatic heterocycles. The van der Waals surface area contributed by atoms with E-state index >= 15 is 0 Å². The standard InChI is InChI=1S/C33H28N2.Pt/c1-33(2,3)29-18-16-24(17-19-29)32(27-12-8-10-25(22-27)30-14-4-6-20-34-30)28-13-9-11-26(23-28)31-15-5-7-21-35-31;/h4-21,32H,1-3H3;/q-2;+2. The van der Waals surface area contributed by atoms with Crippen LogP contribution in [0.1, 0.15) is 48.9 Å². The van der Waals surface area contributed by atoms with E-state index in [1.807, 2.05) is 48.8 Å². The van der Waals surface area contributed by atoms with Gasteiger partial charge in [-0.2, -0.15) is 0 Å². The monoisotopic (exact) mass is 647 g/mol. The van der Waals surface area contributed by atoms with Crippen LogP contribution >= 0.6 is 0 Å². The fraction of sp³-hybridized carbons (Fsp3) is 0.152. The van der Waals surface area contributed by atoms with Crippen molar-refractivity contribution in [1.29, 1.82) is 0 Å². The summed E-state index contributed by atoms with van der Waals surface area (Å²) >= 11 is 0. The molecule has 0 saturated heterocycles. The normalized spacial score (nSPS) is 11.2. The Kier molecular flexibility index (Phi) is 7.97. The number of aromatic nitrogens is 2. The molecule has 5 aromatic rings. The van der Waals surface area contributed by atoms with Gasteiger partial charge in [-0.05, 0) is 46.0 Å². The van der Waals surface area contributed by atoms with Gasteiger partial charge in [0, 0.05) is 12.4 Å². The molecule has 2 heterocycles. The first-order valence-corrected chi connectivity index (χ1v) is 12.0. The predicted molar refractivity (Wildman–Crippen MR) is 143 cm³/mol. The van der Waals surface area contributed by atoms with Gasteiger partial charge in [-0.1, -0.05) is 69.3 Å². The van der Waals surface area contributed by atoms with E-state index in [0.29, 0.717) is 0 Å². The maximum Gasteiger partial charge on any atom is 2.00 e. The minimum Gasteiger partial charge on any atom is -0.305 e. The minimum atomic E-state index is -0.0173. The van der Waals surface area contributed by atoms with E-state index in [4.69, 9.17) is 0 Å². The molecule has 0 saturated carbocycles. The third-order valence-electron chi connectivity index (χ3n) is 6.25. The second-order valence-corrected chi connectivity index (χ2v) is 9.77. The Bertz CT molecular complexity index is 1320. The minimum absolute atomic E-state index is 0. The smallest absolute Gasteiger partial charge is 0.305 e. The Balaban J connectivity index is 0.00000304. The van der Waals surface area contributed by atoms with Crippen LogP contribution in [0.2, 0.25) is 0 Å². The molecule has 0 N–H and O–H groups in total. The van der Waals surface area contributed by atoms with E-state index in [2.05, 4.69) is 104 Å². The second kappa shape index (κ2) is 11.1. The molecule has 0 aliphatic carbocycles. The van der Waals surface area contributed by atoms with Crippen molar-refractivity contribution in [1.82, 2.24) is 9.97 Å². The molecular weight excluding hydrogens is 619 g/mol. The summed E-state index contributed by atoms with van der Waals surface area (Å²) in [7, 11) is 0. The first kappa shape index (κ1) is 25.7. The Hall–Kier alpha value is -3.35. The summed E-state index contributed by atoms with van der Waals surface area (Å²) in [6.07, 6.45) is 3.64. The van der Waals surface area contributed by atoms with Gasteiger partial charge in [0.15, 0.2) is 0 Å². The number of benzene rings is 3. The SMILES string of the molecule is CC(C)(C)c1ccc(C(c2[c-]c(-c3ccccn3)ccc2)c2[c-]c(-c3ccccn3)ccc2)cc1.[Pt+2]. The first-order valence-electron chi connectivity index (χ1n) is 12.0. The molecule has 0 amide bonds. The Morgan fingerprint density at radius 2 is 1.08 bits per heavy atom. The molecule has 3 heteroatoms. The van der Waals surface area contributed by atoms with Crippen LogP contribution in [0.25, 0.3) is 22.5 Å². The van der Waals surface area contributed by atoms with Crippen molar-refractivity contribution in [3.05, 3.63) is 144 Å². The Labute approximate surface area is 228 Å². The van der Waals surface area contributed by atoms with Crippen LogP contribution in [0.4, 0.5) is 0 Å². The molecule has 0 bridgehead atoms. The van der Waals surface area contributed by atoms with Gasteiger partial charge in [-0.15, -0.1) is 70.8 Å². The van der Waals surface area contributed by atoms with Gasteiger partial charge in [-0.3, -0.25) is 0 Å². The largest absolute Gasteiger partial charge is 2.00 e. The predicted octanol–water partition coefficient (Wildman–Crippen LogP) is 7.89. The van der Waals surface area contributed by atoms with Crippen LogP contribution in [0, 0.1) is 12.1 Å². The zero-order valence-corrected chi connectivity index (χ0v) is 23.0. The van der Waals surface area contributed by atoms with Crippen LogP contribution in [-0.2, 0) is 26.5 Å². The van der Waals surface area contributed by atoms with Crippen LogP contribution in [0.3, 0.4) is 0 Å². The Morgan fingerprint density at radius 1 is 0.583 bits per heavy atom. The summed E-state index contributed by atoms with van der Waals surface area (Å²) in [6.45, 7) is 6.73. The molecule has 0 spiro atoms. The molecule has 3 aromatic carbocycles. The summed E-state index contributed by atoms with van der Waals surface area (Å²) in [5.41, 5.74) is 8.62. The van der Waals surface area contributed by atoms with E-state index in [9.17, 15) is 0 Å². The van der Waals surface area contributed by atoms with Crippen LogP contribution < -0.4 is 0 Å². The van der Waals surface area contributed by atoms with E-state index in [1.54, 1.807) is 0 Å². The zero-order chi connectivity index (χ0) is 24.3. The van der Waals surface area contributed by atoms with E-state index in [1.165, 1.54) is 11.1 Å². The van der Waals surface area contributed by atoms with Crippen LogP contribution in [0.15, 0.2) is 109 Å². The molecule has 0 aliphatic heterocycles. The van der Waals surface area contributed by atoms with Crippen LogP contribution in [-0.4, -0.2) is 9.97 Å². The van der Waals surface area contributed by atoms with Gasteiger partial charge in [0.1, 0.15) is 0 Å². The van der Waals surface area contributed by atoms with Gasteiger partial charge in [0.2, 0.25) is 0 Å². The first-order chi connectivity index (χ1) is 17.0. The van der Waals surface area contributed by atoms with Crippen molar-refractivity contribution in [2.24, 2.45) is 0 Å². The van der Waals surface area contributed by atoms with Gasteiger partial charge in [-0.25, -0.2) is 0 Å². The van der Waals surface area contributed by atoms with Crippen molar-refractivity contribution in [2.75, 3.05) is 0 Å². The van der Waals surface area contributed by atoms with Crippen molar-refractivity contribution in [3.8, 4) is 22.5 Å². The number of nitrogens with zero attached hydrogens (tertiary/aromatic N) is 2. The van der Waals surface area contributed by atoms with Gasteiger partial charge in [0.25, 0.3) is 0 Å². The van der Waals surface area contributed by atoms with Gasteiger partial charge >= 0.3 is 21.1 Å². The van der Waals surface area contributed by atoms with E-state index in [-0.39, 0.29) is 32.4 Å². The third kappa shape index (κ3) is 5.72. The second-order valence-electron chi connectivity index (χ2n) is 9.77. The van der Waals surface area contributed by atoms with Crippen molar-refractivity contribution >= 4 is 0 Å².